The van der Waals surface area contributed by atoms with Crippen LogP contribution in [-0.4, -0.2) is 9.97 Å². The summed E-state index contributed by atoms with van der Waals surface area (Å²) < 4.78 is 2.53. The van der Waals surface area contributed by atoms with E-state index in [1.54, 1.807) is 12.4 Å². The molecule has 0 aliphatic heterocycles. The molecule has 0 radical (unpaired) electrons. The molecule has 0 bridgehead atoms. The Morgan fingerprint density at radius 3 is 3.00 bits per heavy atom. The van der Waals surface area contributed by atoms with E-state index in [4.69, 9.17) is 0 Å². The van der Waals surface area contributed by atoms with Crippen LogP contribution in [0.1, 0.15) is 0 Å². The second-order valence-corrected chi connectivity index (χ2v) is 1.27. The largest absolute Gasteiger partial charge is 0.330 e. The minimum Gasteiger partial charge on any atom is -0.330 e. The second-order valence-electron chi connectivity index (χ2n) is 1.05. The van der Waals surface area contributed by atoms with Crippen molar-refractivity contribution in [1.29, 1.82) is 0 Å². The minimum atomic E-state index is 0.670. The van der Waals surface area contributed by atoms with Gasteiger partial charge in [0.1, 0.15) is 0 Å². The molecule has 0 aliphatic rings. The Kier molecular flexibility index (Phi) is 1.21. The van der Waals surface area contributed by atoms with Crippen LogP contribution in [0.5, 0.6) is 0 Å². The standard InChI is InChI=1S/C3H5N3S/c7-6-3-4-1-2-5-3/h1-2,7H,(H2,4,5,6). The minimum absolute atomic E-state index is 0.670. The molecule has 1 aromatic heterocycles. The third kappa shape index (κ3) is 0.866. The van der Waals surface area contributed by atoms with Gasteiger partial charge in [-0.15, -0.1) is 0 Å². The number of aromatic nitrogens is 2. The first-order chi connectivity index (χ1) is 3.43. The predicted octanol–water partition coefficient (Wildman–Crippen LogP) is 0.666. The monoisotopic (exact) mass is 115 g/mol. The van der Waals surface area contributed by atoms with Gasteiger partial charge in [-0.1, -0.05) is 12.8 Å². The van der Waals surface area contributed by atoms with E-state index in [1.165, 1.54) is 0 Å². The van der Waals surface area contributed by atoms with Crippen LogP contribution in [0.25, 0.3) is 0 Å². The van der Waals surface area contributed by atoms with Crippen LogP contribution in [0.2, 0.25) is 0 Å². The molecule has 1 heterocycles. The quantitative estimate of drug-likeness (QED) is 0.471. The van der Waals surface area contributed by atoms with Crippen LogP contribution >= 0.6 is 12.8 Å². The van der Waals surface area contributed by atoms with E-state index in [1.807, 2.05) is 0 Å². The Balaban J connectivity index is 2.76. The lowest BCUT2D eigenvalue weighted by Gasteiger charge is -1.84. The molecule has 3 nitrogen and oxygen atoms in total. The van der Waals surface area contributed by atoms with E-state index in [0.29, 0.717) is 5.95 Å². The zero-order valence-corrected chi connectivity index (χ0v) is 4.44. The summed E-state index contributed by atoms with van der Waals surface area (Å²) in [7, 11) is 0. The summed E-state index contributed by atoms with van der Waals surface area (Å²) in [5.41, 5.74) is 0. The molecule has 2 N–H and O–H groups in total. The molecular formula is C3H5N3S. The van der Waals surface area contributed by atoms with Crippen molar-refractivity contribution in [1.82, 2.24) is 9.97 Å². The normalized spacial score (nSPS) is 8.71. The number of rotatable bonds is 1. The fourth-order valence-electron chi connectivity index (χ4n) is 0.326. The Labute approximate surface area is 46.7 Å². The van der Waals surface area contributed by atoms with E-state index in [-0.39, 0.29) is 0 Å². The molecule has 0 unspecified atom stereocenters. The number of thiol groups is 1. The Morgan fingerprint density at radius 2 is 2.71 bits per heavy atom. The number of H-pyrrole nitrogens is 1. The smallest absolute Gasteiger partial charge is 0.210 e. The van der Waals surface area contributed by atoms with Crippen LogP contribution in [0.3, 0.4) is 0 Å². The lowest BCUT2D eigenvalue weighted by molar-refractivity contribution is 1.33. The number of anilines is 1. The average Bonchev–Trinajstić information content (AvgIpc) is 2.14. The van der Waals surface area contributed by atoms with Gasteiger partial charge in [0.25, 0.3) is 0 Å². The van der Waals surface area contributed by atoms with E-state index < -0.39 is 0 Å². The molecule has 0 aromatic carbocycles. The molecule has 0 saturated carbocycles. The van der Waals surface area contributed by atoms with Crippen LogP contribution in [0.15, 0.2) is 12.4 Å². The molecule has 1 aromatic rings. The van der Waals surface area contributed by atoms with Crippen molar-refractivity contribution in [2.45, 2.75) is 0 Å². The molecule has 0 amide bonds. The maximum atomic E-state index is 3.79. The zero-order valence-electron chi connectivity index (χ0n) is 3.55. The van der Waals surface area contributed by atoms with Crippen molar-refractivity contribution in [2.24, 2.45) is 0 Å². The Morgan fingerprint density at radius 1 is 1.86 bits per heavy atom. The van der Waals surface area contributed by atoms with Crippen LogP contribution < -0.4 is 4.72 Å². The summed E-state index contributed by atoms with van der Waals surface area (Å²) in [5, 5.41) is 0. The fraction of sp³-hybridized carbons (Fsp3) is 0. The molecule has 0 aliphatic carbocycles. The molecule has 0 spiro atoms. The first kappa shape index (κ1) is 4.52. The van der Waals surface area contributed by atoms with Gasteiger partial charge in [0, 0.05) is 12.4 Å². The Bertz CT molecular complexity index is 125. The summed E-state index contributed by atoms with van der Waals surface area (Å²) >= 11 is 3.73. The lowest BCUT2D eigenvalue weighted by Crippen LogP contribution is -1.79. The van der Waals surface area contributed by atoms with Gasteiger partial charge >= 0.3 is 0 Å². The summed E-state index contributed by atoms with van der Waals surface area (Å²) in [6, 6.07) is 0. The SMILES string of the molecule is SNc1ncc[nH]1. The van der Waals surface area contributed by atoms with Crippen molar-refractivity contribution in [2.75, 3.05) is 4.72 Å². The van der Waals surface area contributed by atoms with E-state index >= 15 is 0 Å². The summed E-state index contributed by atoms with van der Waals surface area (Å²) in [4.78, 5) is 6.58. The molecule has 7 heavy (non-hydrogen) atoms. The molecule has 4 heteroatoms. The molecular weight excluding hydrogens is 110 g/mol. The topological polar surface area (TPSA) is 40.7 Å². The molecule has 0 fully saturated rings. The Hall–Kier alpha value is -0.640. The maximum absolute atomic E-state index is 3.79. The van der Waals surface area contributed by atoms with E-state index in [2.05, 4.69) is 27.5 Å². The van der Waals surface area contributed by atoms with Gasteiger partial charge in [-0.25, -0.2) is 4.98 Å². The number of nitrogens with zero attached hydrogens (tertiary/aromatic N) is 1. The highest BCUT2D eigenvalue weighted by molar-refractivity contribution is 7.81. The molecule has 38 valence electrons. The third-order valence-electron chi connectivity index (χ3n) is 0.604. The number of imidazole rings is 1. The first-order valence-corrected chi connectivity index (χ1v) is 2.27. The van der Waals surface area contributed by atoms with Crippen LogP contribution in [-0.2, 0) is 0 Å². The summed E-state index contributed by atoms with van der Waals surface area (Å²) in [6.45, 7) is 0. The van der Waals surface area contributed by atoms with Gasteiger partial charge in [0.05, 0.1) is 0 Å². The lowest BCUT2D eigenvalue weighted by atomic mass is 11.0. The van der Waals surface area contributed by atoms with Crippen molar-refractivity contribution < 1.29 is 0 Å². The first-order valence-electron chi connectivity index (χ1n) is 1.83. The maximum Gasteiger partial charge on any atom is 0.210 e. The van der Waals surface area contributed by atoms with Crippen LogP contribution in [0.4, 0.5) is 5.95 Å². The third-order valence-corrected chi connectivity index (χ3v) is 0.816. The van der Waals surface area contributed by atoms with Gasteiger partial charge in [0.2, 0.25) is 5.95 Å². The van der Waals surface area contributed by atoms with Gasteiger partial charge in [0.15, 0.2) is 0 Å². The second kappa shape index (κ2) is 1.88. The van der Waals surface area contributed by atoms with Crippen molar-refractivity contribution >= 4 is 18.8 Å². The highest BCUT2D eigenvalue weighted by Crippen LogP contribution is 1.93. The number of aromatic amines is 1. The summed E-state index contributed by atoms with van der Waals surface area (Å²) in [5.74, 6) is 0.670. The van der Waals surface area contributed by atoms with Gasteiger partial charge in [-0.2, -0.15) is 0 Å². The highest BCUT2D eigenvalue weighted by Gasteiger charge is 1.81. The predicted molar refractivity (Wildman–Crippen MR) is 31.2 cm³/mol. The number of nitrogens with one attached hydrogen (secondary N) is 2. The van der Waals surface area contributed by atoms with Crippen LogP contribution in [0, 0.1) is 0 Å². The van der Waals surface area contributed by atoms with Crippen molar-refractivity contribution in [3.05, 3.63) is 12.4 Å². The molecule has 1 rings (SSSR count). The number of hydrogen-bond donors (Lipinski definition) is 3. The zero-order chi connectivity index (χ0) is 5.11. The summed E-state index contributed by atoms with van der Waals surface area (Å²) in [6.07, 6.45) is 3.37. The highest BCUT2D eigenvalue weighted by atomic mass is 32.1. The number of hydrogen-bond acceptors (Lipinski definition) is 3. The van der Waals surface area contributed by atoms with Gasteiger partial charge in [-0.05, 0) is 0 Å². The molecule has 0 atom stereocenters. The van der Waals surface area contributed by atoms with Gasteiger partial charge in [-0.3, -0.25) is 0 Å². The van der Waals surface area contributed by atoms with E-state index in [9.17, 15) is 0 Å². The van der Waals surface area contributed by atoms with Gasteiger partial charge < -0.3 is 9.71 Å². The molecule has 0 saturated heterocycles. The van der Waals surface area contributed by atoms with E-state index in [0.717, 1.165) is 0 Å². The average molecular weight is 115 g/mol. The fourth-order valence-corrected chi connectivity index (χ4v) is 0.449. The van der Waals surface area contributed by atoms with Crippen molar-refractivity contribution in [3.8, 4) is 0 Å². The van der Waals surface area contributed by atoms with Crippen molar-refractivity contribution in [3.63, 3.8) is 0 Å².